The van der Waals surface area contributed by atoms with Crippen LogP contribution in [-0.2, 0) is 4.74 Å². The van der Waals surface area contributed by atoms with E-state index >= 15 is 0 Å². The summed E-state index contributed by atoms with van der Waals surface area (Å²) in [7, 11) is 0. The quantitative estimate of drug-likeness (QED) is 0.656. The molecule has 1 heterocycles. The van der Waals surface area contributed by atoms with E-state index in [0.29, 0.717) is 38.9 Å². The zero-order valence-electron chi connectivity index (χ0n) is 14.8. The molecule has 1 aromatic heterocycles. The number of H-pyrrole nitrogens is 1. The van der Waals surface area contributed by atoms with E-state index in [-0.39, 0.29) is 5.78 Å². The van der Waals surface area contributed by atoms with Crippen LogP contribution in [0.25, 0.3) is 10.9 Å². The third-order valence-corrected chi connectivity index (χ3v) is 4.46. The van der Waals surface area contributed by atoms with Gasteiger partial charge in [-0.15, -0.1) is 0 Å². The molecule has 3 aromatic rings. The van der Waals surface area contributed by atoms with Crippen LogP contribution in [0.2, 0.25) is 0 Å². The molecule has 0 bridgehead atoms. The number of carbonyl (C=O) groups is 2. The Bertz CT molecular complexity index is 1060. The molecule has 4 rings (SSSR count). The van der Waals surface area contributed by atoms with Gasteiger partial charge in [-0.3, -0.25) is 4.79 Å². The van der Waals surface area contributed by atoms with Crippen molar-refractivity contribution in [2.24, 2.45) is 0 Å². The molecule has 0 spiro atoms. The highest BCUT2D eigenvalue weighted by Crippen LogP contribution is 2.38. The van der Waals surface area contributed by atoms with Gasteiger partial charge in [-0.1, -0.05) is 24.3 Å². The van der Waals surface area contributed by atoms with E-state index in [1.807, 2.05) is 0 Å². The molecule has 2 N–H and O–H groups in total. The summed E-state index contributed by atoms with van der Waals surface area (Å²) in [5, 5.41) is 11.3. The Labute approximate surface area is 150 Å². The number of fused-ring (bicyclic) bond motifs is 4. The highest BCUT2D eigenvalue weighted by molar-refractivity contribution is 6.20. The van der Waals surface area contributed by atoms with Crippen molar-refractivity contribution in [1.82, 2.24) is 4.98 Å². The number of aromatic nitrogens is 1. The first kappa shape index (κ1) is 16.5. The molecule has 1 atom stereocenters. The molecule has 132 valence electrons. The summed E-state index contributed by atoms with van der Waals surface area (Å²) < 4.78 is 5.41. The zero-order valence-corrected chi connectivity index (χ0v) is 14.8. The lowest BCUT2D eigenvalue weighted by atomic mass is 9.86. The minimum Gasteiger partial charge on any atom is -0.456 e. The second-order valence-electron chi connectivity index (χ2n) is 7.49. The molecule has 2 aromatic carbocycles. The van der Waals surface area contributed by atoms with E-state index in [4.69, 9.17) is 4.74 Å². The predicted octanol–water partition coefficient (Wildman–Crippen LogP) is 3.75. The van der Waals surface area contributed by atoms with Gasteiger partial charge in [-0.25, -0.2) is 4.79 Å². The Morgan fingerprint density at radius 2 is 1.88 bits per heavy atom. The lowest BCUT2D eigenvalue weighted by Gasteiger charge is -2.21. The van der Waals surface area contributed by atoms with Crippen molar-refractivity contribution in [3.8, 4) is 0 Å². The van der Waals surface area contributed by atoms with Crippen LogP contribution in [0.1, 0.15) is 64.4 Å². The molecule has 0 radical (unpaired) electrons. The summed E-state index contributed by atoms with van der Waals surface area (Å²) in [6, 6.07) is 12.1. The first-order valence-corrected chi connectivity index (χ1v) is 8.47. The van der Waals surface area contributed by atoms with Gasteiger partial charge < -0.3 is 14.8 Å². The summed E-state index contributed by atoms with van der Waals surface area (Å²) in [4.78, 5) is 28.5. The number of ketones is 1. The molecule has 5 heteroatoms. The third-order valence-electron chi connectivity index (χ3n) is 4.46. The van der Waals surface area contributed by atoms with Crippen LogP contribution >= 0.6 is 0 Å². The number of aliphatic hydroxyl groups is 1. The van der Waals surface area contributed by atoms with Crippen LogP contribution in [0.3, 0.4) is 0 Å². The lowest BCUT2D eigenvalue weighted by Crippen LogP contribution is -2.23. The fraction of sp³-hybridized carbons (Fsp3) is 0.238. The van der Waals surface area contributed by atoms with Crippen molar-refractivity contribution < 1.29 is 19.4 Å². The molecule has 0 aliphatic heterocycles. The number of nitrogens with one attached hydrogen (secondary N) is 1. The van der Waals surface area contributed by atoms with E-state index < -0.39 is 17.7 Å². The fourth-order valence-corrected chi connectivity index (χ4v) is 3.36. The van der Waals surface area contributed by atoms with Gasteiger partial charge in [0.2, 0.25) is 0 Å². The van der Waals surface area contributed by atoms with E-state index in [1.54, 1.807) is 63.2 Å². The van der Waals surface area contributed by atoms with Gasteiger partial charge in [0, 0.05) is 16.5 Å². The molecule has 1 aliphatic carbocycles. The molecule has 0 fully saturated rings. The Morgan fingerprint density at radius 1 is 1.15 bits per heavy atom. The topological polar surface area (TPSA) is 79.4 Å². The van der Waals surface area contributed by atoms with Gasteiger partial charge >= 0.3 is 5.97 Å². The van der Waals surface area contributed by atoms with Crippen molar-refractivity contribution in [1.29, 1.82) is 0 Å². The third kappa shape index (κ3) is 2.52. The molecule has 1 aliphatic rings. The number of aromatic amines is 1. The number of rotatable bonds is 1. The second-order valence-corrected chi connectivity index (χ2v) is 7.49. The van der Waals surface area contributed by atoms with Gasteiger partial charge in [-0.05, 0) is 44.5 Å². The predicted molar refractivity (Wildman–Crippen MR) is 97.4 cm³/mol. The molecule has 26 heavy (non-hydrogen) atoms. The fourth-order valence-electron chi connectivity index (χ4n) is 3.36. The number of benzene rings is 2. The van der Waals surface area contributed by atoms with Crippen molar-refractivity contribution in [3.05, 3.63) is 70.4 Å². The number of aliphatic hydroxyl groups excluding tert-OH is 1. The number of hydrogen-bond donors (Lipinski definition) is 2. The average Bonchev–Trinajstić information content (AvgIpc) is 2.97. The summed E-state index contributed by atoms with van der Waals surface area (Å²) in [5.74, 6) is -0.605. The number of carbonyl (C=O) groups excluding carboxylic acids is 2. The summed E-state index contributed by atoms with van der Waals surface area (Å²) >= 11 is 0. The van der Waals surface area contributed by atoms with Gasteiger partial charge in [0.25, 0.3) is 0 Å². The molecule has 0 saturated carbocycles. The Hall–Kier alpha value is -2.92. The highest BCUT2D eigenvalue weighted by Gasteiger charge is 2.33. The smallest absolute Gasteiger partial charge is 0.338 e. The summed E-state index contributed by atoms with van der Waals surface area (Å²) in [5.41, 5.74) is 2.41. The van der Waals surface area contributed by atoms with Gasteiger partial charge in [0.1, 0.15) is 11.7 Å². The minimum atomic E-state index is -0.906. The van der Waals surface area contributed by atoms with E-state index in [1.165, 1.54) is 0 Å². The van der Waals surface area contributed by atoms with Crippen LogP contribution in [0.4, 0.5) is 0 Å². The molecule has 5 nitrogen and oxygen atoms in total. The maximum Gasteiger partial charge on any atom is 0.338 e. The van der Waals surface area contributed by atoms with Crippen molar-refractivity contribution in [2.75, 3.05) is 0 Å². The maximum absolute atomic E-state index is 13.0. The van der Waals surface area contributed by atoms with Gasteiger partial charge in [-0.2, -0.15) is 0 Å². The Balaban J connectivity index is 1.86. The summed E-state index contributed by atoms with van der Waals surface area (Å²) in [6.45, 7) is 5.41. The SMILES string of the molecule is CC(C)(C)OC(=O)c1ccc2[nH]c3c(c2c1)C(=O)c1ccccc1C3O. The Kier molecular flexibility index (Phi) is 3.53. The van der Waals surface area contributed by atoms with Crippen molar-refractivity contribution in [3.63, 3.8) is 0 Å². The monoisotopic (exact) mass is 349 g/mol. The van der Waals surface area contributed by atoms with E-state index in [2.05, 4.69) is 4.98 Å². The van der Waals surface area contributed by atoms with Crippen LogP contribution < -0.4 is 0 Å². The standard InChI is InChI=1S/C21H19NO4/c1-21(2,3)26-20(25)11-8-9-15-14(10-11)16-17(22-15)19(24)13-7-5-4-6-12(13)18(16)23/h4-10,19,22,24H,1-3H3. The molecular formula is C21H19NO4. The van der Waals surface area contributed by atoms with E-state index in [0.717, 1.165) is 0 Å². The summed E-state index contributed by atoms with van der Waals surface area (Å²) in [6.07, 6.45) is -0.906. The van der Waals surface area contributed by atoms with Crippen molar-refractivity contribution >= 4 is 22.7 Å². The van der Waals surface area contributed by atoms with E-state index in [9.17, 15) is 14.7 Å². The first-order chi connectivity index (χ1) is 12.3. The van der Waals surface area contributed by atoms with Gasteiger partial charge in [0.05, 0.1) is 16.8 Å². The average molecular weight is 349 g/mol. The molecule has 0 saturated heterocycles. The van der Waals surface area contributed by atoms with Crippen molar-refractivity contribution in [2.45, 2.75) is 32.5 Å². The first-order valence-electron chi connectivity index (χ1n) is 8.47. The molecular weight excluding hydrogens is 330 g/mol. The zero-order chi connectivity index (χ0) is 18.6. The normalized spacial score (nSPS) is 16.3. The largest absolute Gasteiger partial charge is 0.456 e. The lowest BCUT2D eigenvalue weighted by molar-refractivity contribution is 0.00696. The van der Waals surface area contributed by atoms with Gasteiger partial charge in [0.15, 0.2) is 5.78 Å². The number of ether oxygens (including phenoxy) is 1. The van der Waals surface area contributed by atoms with Crippen LogP contribution in [0.15, 0.2) is 42.5 Å². The number of hydrogen-bond acceptors (Lipinski definition) is 4. The van der Waals surface area contributed by atoms with Crippen LogP contribution in [-0.4, -0.2) is 27.4 Å². The highest BCUT2D eigenvalue weighted by atomic mass is 16.6. The maximum atomic E-state index is 13.0. The number of esters is 1. The molecule has 1 unspecified atom stereocenters. The molecule has 0 amide bonds. The van der Waals surface area contributed by atoms with Crippen LogP contribution in [0.5, 0.6) is 0 Å². The van der Waals surface area contributed by atoms with Crippen LogP contribution in [0, 0.1) is 0 Å². The Morgan fingerprint density at radius 3 is 2.62 bits per heavy atom. The minimum absolute atomic E-state index is 0.159. The second kappa shape index (κ2) is 5.54.